The van der Waals surface area contributed by atoms with E-state index >= 15 is 0 Å². The van der Waals surface area contributed by atoms with Gasteiger partial charge >= 0.3 is 0 Å². The van der Waals surface area contributed by atoms with Gasteiger partial charge in [0.15, 0.2) is 0 Å². The standard InChI is InChI=1S/C15H30N6O6/c1-10(2)25-19(7-22)13-16-14(20(8-23)26-11(3)4)18-15(17-13)21(9-24)27-12(5)6/h10-12,22-24H,7-9H2,1-6H3. The molecule has 0 unspecified atom stereocenters. The van der Waals surface area contributed by atoms with E-state index in [-0.39, 0.29) is 36.2 Å². The minimum Gasteiger partial charge on any atom is -0.374 e. The molecular formula is C15H30N6O6. The fourth-order valence-electron chi connectivity index (χ4n) is 1.87. The lowest BCUT2D eigenvalue weighted by Gasteiger charge is -2.27. The molecule has 0 saturated heterocycles. The Hall–Kier alpha value is -1.83. The number of hydrogen-bond donors (Lipinski definition) is 3. The van der Waals surface area contributed by atoms with Crippen LogP contribution in [0.3, 0.4) is 0 Å². The topological polar surface area (TPSA) is 137 Å². The van der Waals surface area contributed by atoms with Crippen LogP contribution < -0.4 is 15.2 Å². The van der Waals surface area contributed by atoms with E-state index < -0.39 is 20.2 Å². The van der Waals surface area contributed by atoms with Crippen LogP contribution in [0.1, 0.15) is 41.5 Å². The largest absolute Gasteiger partial charge is 0.374 e. The van der Waals surface area contributed by atoms with E-state index in [9.17, 15) is 15.3 Å². The lowest BCUT2D eigenvalue weighted by molar-refractivity contribution is 0.00955. The van der Waals surface area contributed by atoms with Crippen molar-refractivity contribution in [3.63, 3.8) is 0 Å². The maximum absolute atomic E-state index is 9.60. The van der Waals surface area contributed by atoms with Gasteiger partial charge in [-0.05, 0) is 41.5 Å². The molecule has 0 aliphatic carbocycles. The number of hydrogen-bond acceptors (Lipinski definition) is 12. The Morgan fingerprint density at radius 1 is 0.593 bits per heavy atom. The SMILES string of the molecule is CC(C)ON(CO)c1nc(N(CO)OC(C)C)nc(N(CO)OC(C)C)n1. The summed E-state index contributed by atoms with van der Waals surface area (Å²) >= 11 is 0. The molecule has 0 fully saturated rings. The van der Waals surface area contributed by atoms with E-state index in [0.29, 0.717) is 0 Å². The van der Waals surface area contributed by atoms with Crippen molar-refractivity contribution < 1.29 is 29.8 Å². The smallest absolute Gasteiger partial charge is 0.258 e. The molecular weight excluding hydrogens is 360 g/mol. The summed E-state index contributed by atoms with van der Waals surface area (Å²) in [7, 11) is 0. The molecule has 12 nitrogen and oxygen atoms in total. The second-order valence-corrected chi connectivity index (χ2v) is 6.26. The summed E-state index contributed by atoms with van der Waals surface area (Å²) in [6.45, 7) is 9.04. The van der Waals surface area contributed by atoms with Gasteiger partial charge in [-0.15, -0.1) is 0 Å². The summed E-state index contributed by atoms with van der Waals surface area (Å²) in [5.74, 6) is -0.159. The molecule has 27 heavy (non-hydrogen) atoms. The number of anilines is 3. The molecule has 0 aliphatic heterocycles. The monoisotopic (exact) mass is 390 g/mol. The van der Waals surface area contributed by atoms with Crippen LogP contribution in [0.2, 0.25) is 0 Å². The van der Waals surface area contributed by atoms with Crippen molar-refractivity contribution >= 4 is 17.8 Å². The second kappa shape index (κ2) is 11.1. The minimum atomic E-state index is -0.532. The first kappa shape index (κ1) is 23.2. The van der Waals surface area contributed by atoms with Crippen LogP contribution in [0.25, 0.3) is 0 Å². The predicted octanol–water partition coefficient (Wildman–Crippen LogP) is 0.160. The van der Waals surface area contributed by atoms with Crippen molar-refractivity contribution in [3.05, 3.63) is 0 Å². The van der Waals surface area contributed by atoms with Crippen LogP contribution >= 0.6 is 0 Å². The third kappa shape index (κ3) is 7.36. The van der Waals surface area contributed by atoms with Crippen molar-refractivity contribution in [1.29, 1.82) is 0 Å². The first-order chi connectivity index (χ1) is 12.7. The van der Waals surface area contributed by atoms with E-state index in [0.717, 1.165) is 15.2 Å². The minimum absolute atomic E-state index is 0.0530. The number of aliphatic hydroxyl groups is 3. The summed E-state index contributed by atoms with van der Waals surface area (Å²) < 4.78 is 0. The normalized spacial score (nSPS) is 11.6. The quantitative estimate of drug-likeness (QED) is 0.331. The van der Waals surface area contributed by atoms with Crippen LogP contribution in [0.4, 0.5) is 17.8 Å². The second-order valence-electron chi connectivity index (χ2n) is 6.26. The fourth-order valence-corrected chi connectivity index (χ4v) is 1.87. The number of aromatic nitrogens is 3. The van der Waals surface area contributed by atoms with Crippen molar-refractivity contribution in [3.8, 4) is 0 Å². The predicted molar refractivity (Wildman–Crippen MR) is 97.2 cm³/mol. The highest BCUT2D eigenvalue weighted by Crippen LogP contribution is 2.21. The van der Waals surface area contributed by atoms with Gasteiger partial charge < -0.3 is 15.3 Å². The molecule has 0 amide bonds. The van der Waals surface area contributed by atoms with Crippen molar-refractivity contribution in [1.82, 2.24) is 15.0 Å². The Morgan fingerprint density at radius 2 is 0.815 bits per heavy atom. The summed E-state index contributed by atoms with van der Waals surface area (Å²) in [6, 6.07) is 0. The van der Waals surface area contributed by atoms with Gasteiger partial charge in [-0.1, -0.05) is 0 Å². The number of hydroxylamine groups is 3. The molecule has 0 aliphatic rings. The molecule has 0 spiro atoms. The molecule has 0 radical (unpaired) electrons. The molecule has 156 valence electrons. The van der Waals surface area contributed by atoms with Crippen molar-refractivity contribution in [2.45, 2.75) is 59.9 Å². The highest BCUT2D eigenvalue weighted by molar-refractivity contribution is 5.42. The van der Waals surface area contributed by atoms with E-state index in [2.05, 4.69) is 15.0 Å². The summed E-state index contributed by atoms with van der Waals surface area (Å²) in [6.07, 6.45) is -0.785. The van der Waals surface area contributed by atoms with Gasteiger partial charge in [-0.2, -0.15) is 30.1 Å². The average molecular weight is 390 g/mol. The molecule has 0 atom stereocenters. The van der Waals surface area contributed by atoms with E-state index in [1.807, 2.05) is 0 Å². The highest BCUT2D eigenvalue weighted by Gasteiger charge is 2.23. The van der Waals surface area contributed by atoms with E-state index in [4.69, 9.17) is 14.5 Å². The zero-order valence-corrected chi connectivity index (χ0v) is 16.6. The van der Waals surface area contributed by atoms with Crippen LogP contribution in [-0.4, -0.2) is 68.8 Å². The van der Waals surface area contributed by atoms with E-state index in [1.165, 1.54) is 0 Å². The van der Waals surface area contributed by atoms with Gasteiger partial charge in [0.2, 0.25) is 0 Å². The number of nitrogens with zero attached hydrogens (tertiary/aromatic N) is 6. The Labute approximate surface area is 158 Å². The van der Waals surface area contributed by atoms with Gasteiger partial charge in [0, 0.05) is 0 Å². The molecule has 1 rings (SSSR count). The first-order valence-corrected chi connectivity index (χ1v) is 8.63. The van der Waals surface area contributed by atoms with Gasteiger partial charge in [0.05, 0.1) is 18.3 Å². The summed E-state index contributed by atoms with van der Waals surface area (Å²) in [4.78, 5) is 28.9. The first-order valence-electron chi connectivity index (χ1n) is 8.63. The van der Waals surface area contributed by atoms with Crippen LogP contribution in [0.15, 0.2) is 0 Å². The fraction of sp³-hybridized carbons (Fsp3) is 0.800. The molecule has 12 heteroatoms. The Bertz CT molecular complexity index is 473. The summed E-state index contributed by atoms with van der Waals surface area (Å²) in [5.41, 5.74) is 0. The molecule has 1 aromatic heterocycles. The maximum atomic E-state index is 9.60. The zero-order chi connectivity index (χ0) is 20.6. The number of aliphatic hydroxyl groups excluding tert-OH is 3. The molecule has 3 N–H and O–H groups in total. The van der Waals surface area contributed by atoms with Gasteiger partial charge in [-0.25, -0.2) is 0 Å². The molecule has 0 bridgehead atoms. The van der Waals surface area contributed by atoms with Gasteiger partial charge in [-0.3, -0.25) is 14.5 Å². The van der Waals surface area contributed by atoms with Crippen LogP contribution in [0, 0.1) is 0 Å². The molecule has 0 saturated carbocycles. The van der Waals surface area contributed by atoms with Crippen LogP contribution in [-0.2, 0) is 14.5 Å². The molecule has 0 aromatic carbocycles. The lowest BCUT2D eigenvalue weighted by Crippen LogP contribution is -2.35. The van der Waals surface area contributed by atoms with Gasteiger partial charge in [0.25, 0.3) is 17.8 Å². The lowest BCUT2D eigenvalue weighted by atomic mass is 10.5. The highest BCUT2D eigenvalue weighted by atomic mass is 16.7. The molecule has 1 heterocycles. The third-order valence-electron chi connectivity index (χ3n) is 2.67. The Morgan fingerprint density at radius 3 is 0.963 bits per heavy atom. The summed E-state index contributed by atoms with van der Waals surface area (Å²) in [5, 5.41) is 32.0. The van der Waals surface area contributed by atoms with Gasteiger partial charge in [0.1, 0.15) is 20.2 Å². The van der Waals surface area contributed by atoms with Crippen molar-refractivity contribution in [2.24, 2.45) is 0 Å². The Kier molecular flexibility index (Phi) is 9.55. The van der Waals surface area contributed by atoms with Crippen LogP contribution in [0.5, 0.6) is 0 Å². The van der Waals surface area contributed by atoms with Crippen molar-refractivity contribution in [2.75, 3.05) is 35.4 Å². The third-order valence-corrected chi connectivity index (χ3v) is 2.67. The maximum Gasteiger partial charge on any atom is 0.258 e. The Balaban J connectivity index is 3.39. The zero-order valence-electron chi connectivity index (χ0n) is 16.6. The number of rotatable bonds is 12. The molecule has 1 aromatic rings. The average Bonchev–Trinajstić information content (AvgIpc) is 2.61. The van der Waals surface area contributed by atoms with E-state index in [1.54, 1.807) is 41.5 Å².